The summed E-state index contributed by atoms with van der Waals surface area (Å²) in [5.41, 5.74) is 2.32. The molecule has 2 saturated heterocycles. The summed E-state index contributed by atoms with van der Waals surface area (Å²) in [4.78, 5) is 19.3. The number of nitrogens with zero attached hydrogens (tertiary/aromatic N) is 2. The molecule has 2 fully saturated rings. The summed E-state index contributed by atoms with van der Waals surface area (Å²) in [5.74, 6) is 0.718. The normalized spacial score (nSPS) is 23.5. The summed E-state index contributed by atoms with van der Waals surface area (Å²) in [6.07, 6.45) is 4.40. The molecule has 23 heavy (non-hydrogen) atoms. The maximum Gasteiger partial charge on any atom is 0.225 e. The monoisotopic (exact) mass is 318 g/mol. The molecule has 2 aliphatic heterocycles. The summed E-state index contributed by atoms with van der Waals surface area (Å²) >= 11 is 0. The van der Waals surface area contributed by atoms with Crippen molar-refractivity contribution in [3.8, 4) is 0 Å². The average Bonchev–Trinajstić information content (AvgIpc) is 2.83. The Labute approximate surface area is 138 Å². The lowest BCUT2D eigenvalue weighted by atomic mass is 9.96. The molecule has 1 aromatic heterocycles. The number of amides is 1. The summed E-state index contributed by atoms with van der Waals surface area (Å²) in [5, 5.41) is 0. The number of carbonyl (C=O) groups is 1. The second-order valence-electron chi connectivity index (χ2n) is 6.58. The van der Waals surface area contributed by atoms with Crippen molar-refractivity contribution in [1.82, 2.24) is 9.88 Å². The van der Waals surface area contributed by atoms with E-state index in [1.807, 2.05) is 17.2 Å². The van der Waals surface area contributed by atoms with Gasteiger partial charge in [-0.05, 0) is 37.8 Å². The molecule has 0 saturated carbocycles. The fraction of sp³-hybridized carbons (Fsp3) is 0.667. The van der Waals surface area contributed by atoms with Gasteiger partial charge >= 0.3 is 0 Å². The molecule has 1 atom stereocenters. The number of hydrogen-bond acceptors (Lipinski definition) is 4. The molecule has 1 aromatic rings. The highest BCUT2D eigenvalue weighted by Gasteiger charge is 2.29. The third-order valence-corrected chi connectivity index (χ3v) is 4.82. The van der Waals surface area contributed by atoms with Gasteiger partial charge in [-0.1, -0.05) is 6.07 Å². The van der Waals surface area contributed by atoms with Gasteiger partial charge in [0.15, 0.2) is 0 Å². The predicted octanol–water partition coefficient (Wildman–Crippen LogP) is 1.83. The van der Waals surface area contributed by atoms with E-state index in [4.69, 9.17) is 9.47 Å². The Morgan fingerprint density at radius 2 is 2.13 bits per heavy atom. The van der Waals surface area contributed by atoms with Gasteiger partial charge in [0, 0.05) is 50.0 Å². The van der Waals surface area contributed by atoms with E-state index in [-0.39, 0.29) is 11.8 Å². The van der Waals surface area contributed by atoms with Crippen LogP contribution in [0.4, 0.5) is 0 Å². The van der Waals surface area contributed by atoms with Gasteiger partial charge in [0.05, 0.1) is 13.2 Å². The maximum absolute atomic E-state index is 12.8. The molecule has 1 amide bonds. The highest BCUT2D eigenvalue weighted by Crippen LogP contribution is 2.21. The number of ether oxygens (including phenoxy) is 2. The van der Waals surface area contributed by atoms with E-state index in [9.17, 15) is 4.79 Å². The zero-order valence-corrected chi connectivity index (χ0v) is 13.9. The molecule has 0 aliphatic carbocycles. The van der Waals surface area contributed by atoms with Gasteiger partial charge in [-0.2, -0.15) is 0 Å². The van der Waals surface area contributed by atoms with E-state index in [0.29, 0.717) is 38.9 Å². The van der Waals surface area contributed by atoms with Crippen LogP contribution < -0.4 is 0 Å². The second kappa shape index (κ2) is 7.88. The van der Waals surface area contributed by atoms with Crippen LogP contribution in [0, 0.1) is 18.8 Å². The van der Waals surface area contributed by atoms with E-state index in [1.54, 1.807) is 0 Å². The van der Waals surface area contributed by atoms with Crippen LogP contribution in [-0.4, -0.2) is 55.3 Å². The molecule has 0 aromatic carbocycles. The summed E-state index contributed by atoms with van der Waals surface area (Å²) < 4.78 is 11.1. The molecule has 5 nitrogen and oxygen atoms in total. The first-order valence-electron chi connectivity index (χ1n) is 8.59. The lowest BCUT2D eigenvalue weighted by molar-refractivity contribution is -0.138. The largest absolute Gasteiger partial charge is 0.381 e. The Hall–Kier alpha value is -1.46. The first-order chi connectivity index (χ1) is 11.2. The molecule has 0 radical (unpaired) electrons. The maximum atomic E-state index is 12.8. The van der Waals surface area contributed by atoms with Crippen molar-refractivity contribution in [3.63, 3.8) is 0 Å². The molecular weight excluding hydrogens is 292 g/mol. The topological polar surface area (TPSA) is 51.7 Å². The standard InChI is InChI=1S/C18H26N2O3/c1-14-3-2-6-19-17(14)11-15-12-20(7-10-23-13-15)18(21)16-4-8-22-9-5-16/h2-3,6,15-16H,4-5,7-13H2,1H3. The first kappa shape index (κ1) is 16.4. The minimum Gasteiger partial charge on any atom is -0.381 e. The molecule has 0 bridgehead atoms. The van der Waals surface area contributed by atoms with E-state index in [2.05, 4.69) is 18.0 Å². The Morgan fingerprint density at radius 1 is 1.30 bits per heavy atom. The van der Waals surface area contributed by atoms with Crippen LogP contribution in [0.25, 0.3) is 0 Å². The summed E-state index contributed by atoms with van der Waals surface area (Å²) in [7, 11) is 0. The Balaban J connectivity index is 1.63. The number of aromatic nitrogens is 1. The average molecular weight is 318 g/mol. The van der Waals surface area contributed by atoms with Crippen LogP contribution in [0.15, 0.2) is 18.3 Å². The second-order valence-corrected chi connectivity index (χ2v) is 6.58. The number of aryl methyl sites for hydroxylation is 1. The SMILES string of the molecule is Cc1cccnc1CC1COCCN(C(=O)C2CCOCC2)C1. The minimum absolute atomic E-state index is 0.124. The van der Waals surface area contributed by atoms with Crippen LogP contribution in [-0.2, 0) is 20.7 Å². The predicted molar refractivity (Wildman–Crippen MR) is 87.1 cm³/mol. The number of carbonyl (C=O) groups excluding carboxylic acids is 1. The van der Waals surface area contributed by atoms with Crippen molar-refractivity contribution in [2.75, 3.05) is 39.5 Å². The van der Waals surface area contributed by atoms with Gasteiger partial charge in [-0.15, -0.1) is 0 Å². The van der Waals surface area contributed by atoms with Crippen molar-refractivity contribution in [1.29, 1.82) is 0 Å². The van der Waals surface area contributed by atoms with Gasteiger partial charge in [-0.3, -0.25) is 9.78 Å². The zero-order chi connectivity index (χ0) is 16.1. The molecule has 0 spiro atoms. The van der Waals surface area contributed by atoms with Crippen LogP contribution in [0.1, 0.15) is 24.1 Å². The smallest absolute Gasteiger partial charge is 0.225 e. The van der Waals surface area contributed by atoms with Crippen molar-refractivity contribution in [3.05, 3.63) is 29.6 Å². The molecule has 1 unspecified atom stereocenters. The fourth-order valence-electron chi connectivity index (χ4n) is 3.41. The summed E-state index contributed by atoms with van der Waals surface area (Å²) in [6.45, 7) is 6.31. The van der Waals surface area contributed by atoms with Crippen LogP contribution in [0.5, 0.6) is 0 Å². The van der Waals surface area contributed by atoms with Gasteiger partial charge < -0.3 is 14.4 Å². The molecule has 5 heteroatoms. The lowest BCUT2D eigenvalue weighted by Crippen LogP contribution is -2.41. The molecular formula is C18H26N2O3. The van der Waals surface area contributed by atoms with Gasteiger partial charge in [0.2, 0.25) is 5.91 Å². The third-order valence-electron chi connectivity index (χ3n) is 4.82. The van der Waals surface area contributed by atoms with Crippen LogP contribution in [0.3, 0.4) is 0 Å². The third kappa shape index (κ3) is 4.30. The highest BCUT2D eigenvalue weighted by molar-refractivity contribution is 5.79. The van der Waals surface area contributed by atoms with Gasteiger partial charge in [0.25, 0.3) is 0 Å². The van der Waals surface area contributed by atoms with Crippen molar-refractivity contribution >= 4 is 5.91 Å². The van der Waals surface area contributed by atoms with Crippen molar-refractivity contribution < 1.29 is 14.3 Å². The lowest BCUT2D eigenvalue weighted by Gasteiger charge is -2.29. The Kier molecular flexibility index (Phi) is 5.62. The number of pyridine rings is 1. The van der Waals surface area contributed by atoms with E-state index < -0.39 is 0 Å². The number of hydrogen-bond donors (Lipinski definition) is 0. The highest BCUT2D eigenvalue weighted by atomic mass is 16.5. The first-order valence-corrected chi connectivity index (χ1v) is 8.59. The molecule has 3 rings (SSSR count). The van der Waals surface area contributed by atoms with Gasteiger partial charge in [0.1, 0.15) is 0 Å². The van der Waals surface area contributed by atoms with E-state index >= 15 is 0 Å². The Bertz CT molecular complexity index is 529. The molecule has 0 N–H and O–H groups in total. The summed E-state index contributed by atoms with van der Waals surface area (Å²) in [6, 6.07) is 4.05. The molecule has 126 valence electrons. The fourth-order valence-corrected chi connectivity index (χ4v) is 3.41. The zero-order valence-electron chi connectivity index (χ0n) is 13.9. The minimum atomic E-state index is 0.124. The molecule has 2 aliphatic rings. The Morgan fingerprint density at radius 3 is 2.91 bits per heavy atom. The van der Waals surface area contributed by atoms with Gasteiger partial charge in [-0.25, -0.2) is 0 Å². The van der Waals surface area contributed by atoms with Crippen molar-refractivity contribution in [2.24, 2.45) is 11.8 Å². The molecule has 3 heterocycles. The van der Waals surface area contributed by atoms with E-state index in [1.165, 1.54) is 5.56 Å². The van der Waals surface area contributed by atoms with Crippen LogP contribution in [0.2, 0.25) is 0 Å². The van der Waals surface area contributed by atoms with E-state index in [0.717, 1.165) is 31.5 Å². The van der Waals surface area contributed by atoms with Crippen molar-refractivity contribution in [2.45, 2.75) is 26.2 Å². The number of rotatable bonds is 3. The van der Waals surface area contributed by atoms with Crippen LogP contribution >= 0.6 is 0 Å². The quantitative estimate of drug-likeness (QED) is 0.853.